The Morgan fingerprint density at radius 2 is 0.796 bits per heavy atom. The van der Waals surface area contributed by atoms with Crippen LogP contribution in [0.5, 0.6) is 0 Å². The summed E-state index contributed by atoms with van der Waals surface area (Å²) < 4.78 is 6.67. The molecule has 0 N–H and O–H groups in total. The van der Waals surface area contributed by atoms with E-state index < -0.39 is 0 Å². The first-order chi connectivity index (χ1) is 24.3. The highest BCUT2D eigenvalue weighted by molar-refractivity contribution is 6.15. The molecule has 49 heavy (non-hydrogen) atoms. The molecule has 2 heterocycles. The summed E-state index contributed by atoms with van der Waals surface area (Å²) in [5, 5.41) is 2.00. The molecule has 0 unspecified atom stereocenters. The van der Waals surface area contributed by atoms with E-state index in [1.54, 1.807) is 0 Å². The minimum atomic E-state index is 0.596. The van der Waals surface area contributed by atoms with Crippen molar-refractivity contribution < 1.29 is 4.42 Å². The van der Waals surface area contributed by atoms with Gasteiger partial charge in [-0.15, -0.1) is 0 Å². The van der Waals surface area contributed by atoms with Crippen molar-refractivity contribution in [3.05, 3.63) is 176 Å². The second-order valence-electron chi connectivity index (χ2n) is 12.0. The van der Waals surface area contributed by atoms with Crippen molar-refractivity contribution in [1.29, 1.82) is 0 Å². The SMILES string of the molecule is c1ccc(-c2cccc(-c3nc(-c4ccccc4)nc(-c4cccc5oc6c(-c7cccc(-c8ccccc8)c7)cccc6c45)n3)c2)cc1. The first kappa shape index (κ1) is 28.6. The van der Waals surface area contributed by atoms with E-state index >= 15 is 0 Å². The van der Waals surface area contributed by atoms with Crippen LogP contribution < -0.4 is 0 Å². The third kappa shape index (κ3) is 5.35. The Kier molecular flexibility index (Phi) is 7.10. The van der Waals surface area contributed by atoms with Crippen molar-refractivity contribution in [1.82, 2.24) is 15.0 Å². The van der Waals surface area contributed by atoms with E-state index in [2.05, 4.69) is 121 Å². The minimum Gasteiger partial charge on any atom is -0.455 e. The summed E-state index contributed by atoms with van der Waals surface area (Å²) in [5.74, 6) is 1.83. The first-order valence-corrected chi connectivity index (χ1v) is 16.4. The maximum Gasteiger partial charge on any atom is 0.164 e. The summed E-state index contributed by atoms with van der Waals surface area (Å²) in [6, 6.07) is 60.4. The van der Waals surface area contributed by atoms with Gasteiger partial charge in [0.2, 0.25) is 0 Å². The maximum atomic E-state index is 6.67. The third-order valence-electron chi connectivity index (χ3n) is 8.94. The molecule has 0 aliphatic heterocycles. The van der Waals surface area contributed by atoms with Crippen molar-refractivity contribution in [2.75, 3.05) is 0 Å². The van der Waals surface area contributed by atoms with Gasteiger partial charge in [0.05, 0.1) is 0 Å². The number of benzene rings is 7. The van der Waals surface area contributed by atoms with E-state index in [4.69, 9.17) is 19.4 Å². The van der Waals surface area contributed by atoms with Crippen molar-refractivity contribution in [2.45, 2.75) is 0 Å². The predicted molar refractivity (Wildman–Crippen MR) is 200 cm³/mol. The van der Waals surface area contributed by atoms with Crippen LogP contribution in [0.3, 0.4) is 0 Å². The Balaban J connectivity index is 1.23. The van der Waals surface area contributed by atoms with Gasteiger partial charge in [0.15, 0.2) is 17.5 Å². The molecule has 4 nitrogen and oxygen atoms in total. The average Bonchev–Trinajstić information content (AvgIpc) is 3.58. The lowest BCUT2D eigenvalue weighted by molar-refractivity contribution is 0.670. The van der Waals surface area contributed by atoms with Gasteiger partial charge in [0, 0.05) is 33.0 Å². The van der Waals surface area contributed by atoms with E-state index in [-0.39, 0.29) is 0 Å². The topological polar surface area (TPSA) is 51.8 Å². The molecule has 0 aliphatic rings. The largest absolute Gasteiger partial charge is 0.455 e. The Bertz CT molecular complexity index is 2590. The second kappa shape index (κ2) is 12.2. The fourth-order valence-electron chi connectivity index (χ4n) is 6.57. The summed E-state index contributed by atoms with van der Waals surface area (Å²) >= 11 is 0. The van der Waals surface area contributed by atoms with Crippen LogP contribution in [0.1, 0.15) is 0 Å². The molecule has 0 bridgehead atoms. The second-order valence-corrected chi connectivity index (χ2v) is 12.0. The van der Waals surface area contributed by atoms with Crippen molar-refractivity contribution in [2.24, 2.45) is 0 Å². The Morgan fingerprint density at radius 1 is 0.327 bits per heavy atom. The molecule has 0 spiro atoms. The molecule has 4 heteroatoms. The average molecular weight is 628 g/mol. The predicted octanol–water partition coefficient (Wildman–Crippen LogP) is 11.8. The lowest BCUT2D eigenvalue weighted by atomic mass is 9.97. The van der Waals surface area contributed by atoms with Crippen molar-refractivity contribution in [3.8, 4) is 67.5 Å². The van der Waals surface area contributed by atoms with Gasteiger partial charge in [-0.05, 0) is 46.0 Å². The number of fused-ring (bicyclic) bond motifs is 3. The van der Waals surface area contributed by atoms with Gasteiger partial charge >= 0.3 is 0 Å². The smallest absolute Gasteiger partial charge is 0.164 e. The number of hydrogen-bond acceptors (Lipinski definition) is 4. The summed E-state index contributed by atoms with van der Waals surface area (Å²) in [5.41, 5.74) is 11.1. The molecule has 0 aliphatic carbocycles. The Hall–Kier alpha value is -6.65. The van der Waals surface area contributed by atoms with E-state index in [1.165, 1.54) is 5.56 Å². The van der Waals surface area contributed by atoms with Gasteiger partial charge < -0.3 is 4.42 Å². The van der Waals surface area contributed by atoms with Gasteiger partial charge in [0.25, 0.3) is 0 Å². The van der Waals surface area contributed by atoms with Crippen molar-refractivity contribution >= 4 is 21.9 Å². The lowest BCUT2D eigenvalue weighted by Crippen LogP contribution is -2.00. The number of rotatable bonds is 6. The number of hydrogen-bond donors (Lipinski definition) is 0. The standard InChI is InChI=1S/C45H29N3O/c1-4-14-30(15-5-1)33-20-10-22-35(28-33)37-24-12-25-38-41-39(26-13-27-40(41)49-42(37)38)45-47-43(32-18-8-3-9-19-32)46-44(48-45)36-23-11-21-34(29-36)31-16-6-2-7-17-31/h1-29H. The Morgan fingerprint density at radius 3 is 1.47 bits per heavy atom. The van der Waals surface area contributed by atoms with Crippen LogP contribution in [-0.4, -0.2) is 15.0 Å². The highest BCUT2D eigenvalue weighted by atomic mass is 16.3. The maximum absolute atomic E-state index is 6.67. The Labute approximate surface area is 284 Å². The van der Waals surface area contributed by atoms with Crippen LogP contribution in [0.2, 0.25) is 0 Å². The van der Waals surface area contributed by atoms with Crippen LogP contribution >= 0.6 is 0 Å². The van der Waals surface area contributed by atoms with Gasteiger partial charge in [-0.3, -0.25) is 0 Å². The molecular formula is C45H29N3O. The van der Waals surface area contributed by atoms with Gasteiger partial charge in [0.1, 0.15) is 11.2 Å². The zero-order valence-corrected chi connectivity index (χ0v) is 26.5. The summed E-state index contributed by atoms with van der Waals surface area (Å²) in [6.07, 6.45) is 0. The zero-order valence-electron chi connectivity index (χ0n) is 26.5. The molecule has 2 aromatic heterocycles. The lowest BCUT2D eigenvalue weighted by Gasteiger charge is -2.10. The molecule has 0 atom stereocenters. The fourth-order valence-corrected chi connectivity index (χ4v) is 6.57. The number of furan rings is 1. The monoisotopic (exact) mass is 627 g/mol. The molecule has 0 amide bonds. The number of aromatic nitrogens is 3. The molecule has 7 aromatic carbocycles. The summed E-state index contributed by atoms with van der Waals surface area (Å²) in [7, 11) is 0. The zero-order chi connectivity index (χ0) is 32.6. The van der Waals surface area contributed by atoms with Crippen LogP contribution in [0.4, 0.5) is 0 Å². The summed E-state index contributed by atoms with van der Waals surface area (Å²) in [6.45, 7) is 0. The number of nitrogens with zero attached hydrogens (tertiary/aromatic N) is 3. The molecular weight excluding hydrogens is 599 g/mol. The highest BCUT2D eigenvalue weighted by Gasteiger charge is 2.20. The van der Waals surface area contributed by atoms with E-state index in [1.807, 2.05) is 54.6 Å². The number of para-hydroxylation sites is 1. The van der Waals surface area contributed by atoms with Gasteiger partial charge in [-0.1, -0.05) is 158 Å². The van der Waals surface area contributed by atoms with E-state index in [0.717, 1.165) is 66.4 Å². The quantitative estimate of drug-likeness (QED) is 0.184. The normalized spacial score (nSPS) is 11.3. The molecule has 0 saturated carbocycles. The van der Waals surface area contributed by atoms with E-state index in [0.29, 0.717) is 17.5 Å². The molecule has 0 saturated heterocycles. The third-order valence-corrected chi connectivity index (χ3v) is 8.94. The molecule has 0 radical (unpaired) electrons. The highest BCUT2D eigenvalue weighted by Crippen LogP contribution is 2.41. The fraction of sp³-hybridized carbons (Fsp3) is 0. The molecule has 9 rings (SSSR count). The van der Waals surface area contributed by atoms with Crippen LogP contribution in [0.25, 0.3) is 89.5 Å². The van der Waals surface area contributed by atoms with Crippen molar-refractivity contribution in [3.63, 3.8) is 0 Å². The molecule has 0 fully saturated rings. The van der Waals surface area contributed by atoms with Gasteiger partial charge in [-0.2, -0.15) is 0 Å². The van der Waals surface area contributed by atoms with Crippen LogP contribution in [0.15, 0.2) is 180 Å². The first-order valence-electron chi connectivity index (χ1n) is 16.4. The minimum absolute atomic E-state index is 0.596. The van der Waals surface area contributed by atoms with Crippen LogP contribution in [-0.2, 0) is 0 Å². The van der Waals surface area contributed by atoms with Crippen LogP contribution in [0, 0.1) is 0 Å². The summed E-state index contributed by atoms with van der Waals surface area (Å²) in [4.78, 5) is 15.2. The van der Waals surface area contributed by atoms with Gasteiger partial charge in [-0.25, -0.2) is 15.0 Å². The molecule has 9 aromatic rings. The van der Waals surface area contributed by atoms with E-state index in [9.17, 15) is 0 Å². The molecule has 230 valence electrons.